The van der Waals surface area contributed by atoms with Gasteiger partial charge in [-0.3, -0.25) is 14.1 Å². The minimum atomic E-state index is -3.91. The highest BCUT2D eigenvalue weighted by Crippen LogP contribution is 2.43. The van der Waals surface area contributed by atoms with Gasteiger partial charge in [-0.15, -0.1) is 20.9 Å². The summed E-state index contributed by atoms with van der Waals surface area (Å²) in [4.78, 5) is 12.7. The molecule has 26 heavy (non-hydrogen) atoms. The Balaban J connectivity index is 2.17. The summed E-state index contributed by atoms with van der Waals surface area (Å²) < 4.78 is 27.3. The monoisotopic (exact) mass is 390 g/mol. The molecule has 1 aromatic carbocycles. The van der Waals surface area contributed by atoms with Crippen LogP contribution in [0.3, 0.4) is 0 Å². The van der Waals surface area contributed by atoms with Gasteiger partial charge >= 0.3 is 0 Å². The molecular formula is C19H22N2O3S2. The smallest absolute Gasteiger partial charge is 0.250 e. The lowest BCUT2D eigenvalue weighted by Gasteiger charge is -2.38. The number of benzene rings is 1. The Bertz CT molecular complexity index is 1060. The van der Waals surface area contributed by atoms with Crippen LogP contribution in [-0.2, 0) is 16.6 Å². The fourth-order valence-corrected chi connectivity index (χ4v) is 5.01. The van der Waals surface area contributed by atoms with Crippen molar-refractivity contribution < 1.29 is 8.76 Å². The molecule has 3 aromatic rings. The number of pyridine rings is 1. The highest BCUT2D eigenvalue weighted by atomic mass is 32.3. The predicted octanol–water partition coefficient (Wildman–Crippen LogP) is 4.05. The first-order valence-electron chi connectivity index (χ1n) is 8.19. The Morgan fingerprint density at radius 1 is 1.15 bits per heavy atom. The second-order valence-electron chi connectivity index (χ2n) is 6.46. The van der Waals surface area contributed by atoms with Gasteiger partial charge in [0.2, 0.25) is 5.56 Å². The summed E-state index contributed by atoms with van der Waals surface area (Å²) >= 11 is 1.43. The Hall–Kier alpha value is -2.22. The predicted molar refractivity (Wildman–Crippen MR) is 111 cm³/mol. The van der Waals surface area contributed by atoms with E-state index in [1.54, 1.807) is 26.2 Å². The zero-order chi connectivity index (χ0) is 19.0. The second-order valence-corrected chi connectivity index (χ2v) is 11.3. The molecule has 3 rings (SSSR count). The van der Waals surface area contributed by atoms with Gasteiger partial charge in [0.25, 0.3) is 0 Å². The molecule has 0 aliphatic carbocycles. The summed E-state index contributed by atoms with van der Waals surface area (Å²) in [6.45, 7) is 1.68. The summed E-state index contributed by atoms with van der Waals surface area (Å²) in [5, 5.41) is 0.622. The van der Waals surface area contributed by atoms with Crippen LogP contribution in [0.4, 0.5) is 5.00 Å². The van der Waals surface area contributed by atoms with E-state index in [-0.39, 0.29) is 11.3 Å². The van der Waals surface area contributed by atoms with E-state index in [2.05, 4.69) is 4.72 Å². The maximum atomic E-state index is 12.6. The van der Waals surface area contributed by atoms with Gasteiger partial charge in [0.05, 0.1) is 0 Å². The summed E-state index contributed by atoms with van der Waals surface area (Å²) in [7, 11) is -2.20. The first-order valence-corrected chi connectivity index (χ1v) is 11.5. The molecule has 0 saturated carbocycles. The van der Waals surface area contributed by atoms with Crippen LogP contribution in [0.2, 0.25) is 0 Å². The van der Waals surface area contributed by atoms with E-state index in [1.807, 2.05) is 36.4 Å². The van der Waals surface area contributed by atoms with Gasteiger partial charge < -0.3 is 4.57 Å². The molecule has 0 aliphatic rings. The molecule has 0 fully saturated rings. The van der Waals surface area contributed by atoms with E-state index in [0.717, 1.165) is 21.6 Å². The minimum Gasteiger partial charge on any atom is -0.318 e. The fraction of sp³-hybridized carbons (Fsp3) is 0.211. The first kappa shape index (κ1) is 18.6. The van der Waals surface area contributed by atoms with Gasteiger partial charge in [-0.05, 0) is 30.2 Å². The molecule has 0 aliphatic heterocycles. The summed E-state index contributed by atoms with van der Waals surface area (Å²) in [6.07, 6.45) is 3.12. The molecule has 138 valence electrons. The van der Waals surface area contributed by atoms with E-state index in [9.17, 15) is 13.6 Å². The summed E-state index contributed by atoms with van der Waals surface area (Å²) in [6, 6.07) is 15.0. The summed E-state index contributed by atoms with van der Waals surface area (Å²) in [5.74, 6) is 0.116. The quantitative estimate of drug-likeness (QED) is 0.690. The molecule has 0 atom stereocenters. The zero-order valence-electron chi connectivity index (χ0n) is 14.9. The molecule has 0 radical (unpaired) electrons. The van der Waals surface area contributed by atoms with Crippen molar-refractivity contribution in [2.24, 2.45) is 7.05 Å². The van der Waals surface area contributed by atoms with E-state index < -0.39 is 9.53 Å². The molecule has 2 N–H and O–H groups in total. The van der Waals surface area contributed by atoms with E-state index in [1.165, 1.54) is 28.2 Å². The third-order valence-corrected chi connectivity index (χ3v) is 7.54. The SMILES string of the molecule is CCS(C)(=O)(O)Nc1cc(-c2ccc(=O)n(C)c2)c(-c2ccccc2)s1. The number of hydrogen-bond donors (Lipinski definition) is 2. The molecule has 0 amide bonds. The highest BCUT2D eigenvalue weighted by Gasteiger charge is 2.21. The molecule has 7 heteroatoms. The number of nitrogens with one attached hydrogen (secondary N) is 1. The fourth-order valence-electron chi connectivity index (χ4n) is 2.54. The molecular weight excluding hydrogens is 368 g/mol. The average Bonchev–Trinajstić information content (AvgIpc) is 3.00. The van der Waals surface area contributed by atoms with Crippen molar-refractivity contribution in [3.05, 3.63) is 65.1 Å². The Morgan fingerprint density at radius 3 is 2.46 bits per heavy atom. The molecule has 0 unspecified atom stereocenters. The lowest BCUT2D eigenvalue weighted by atomic mass is 10.0. The highest BCUT2D eigenvalue weighted by molar-refractivity contribution is 8.15. The van der Waals surface area contributed by atoms with Crippen molar-refractivity contribution in [3.63, 3.8) is 0 Å². The molecule has 0 bridgehead atoms. The topological polar surface area (TPSA) is 71.3 Å². The molecule has 5 nitrogen and oxygen atoms in total. The van der Waals surface area contributed by atoms with Gasteiger partial charge in [0, 0.05) is 41.8 Å². The van der Waals surface area contributed by atoms with Gasteiger partial charge in [0.15, 0.2) is 0 Å². The number of aromatic nitrogens is 1. The van der Waals surface area contributed by atoms with Crippen LogP contribution in [0.1, 0.15) is 6.92 Å². The largest absolute Gasteiger partial charge is 0.318 e. The third kappa shape index (κ3) is 3.95. The van der Waals surface area contributed by atoms with E-state index >= 15 is 0 Å². The zero-order valence-corrected chi connectivity index (χ0v) is 16.6. The molecule has 2 heterocycles. The maximum absolute atomic E-state index is 12.6. The molecule has 2 aromatic heterocycles. The number of anilines is 1. The standard InChI is InChI=1S/C19H22N2O3S2/c1-4-26(3,23,24)20-17-12-16(15-10-11-18(22)21(2)13-15)19(25-17)14-8-6-5-7-9-14/h5-13H,4H2,1-3H3,(H2,20,23,24). The number of nitrogens with zero attached hydrogens (tertiary/aromatic N) is 1. The van der Waals surface area contributed by atoms with Crippen LogP contribution in [0.5, 0.6) is 0 Å². The third-order valence-electron chi connectivity index (χ3n) is 4.21. The first-order chi connectivity index (χ1) is 12.2. The lowest BCUT2D eigenvalue weighted by molar-refractivity contribution is 0.528. The number of rotatable bonds is 5. The molecule has 0 saturated heterocycles. The van der Waals surface area contributed by atoms with Crippen LogP contribution in [0, 0.1) is 0 Å². The van der Waals surface area contributed by atoms with Crippen molar-refractivity contribution in [3.8, 4) is 21.6 Å². The van der Waals surface area contributed by atoms with E-state index in [4.69, 9.17) is 0 Å². The molecule has 0 spiro atoms. The van der Waals surface area contributed by atoms with Gasteiger partial charge in [-0.1, -0.05) is 30.3 Å². The van der Waals surface area contributed by atoms with Crippen molar-refractivity contribution in [1.82, 2.24) is 4.57 Å². The Labute approximate surface area is 156 Å². The number of hydrogen-bond acceptors (Lipinski definition) is 3. The van der Waals surface area contributed by atoms with Gasteiger partial charge in [-0.25, -0.2) is 0 Å². The number of aryl methyl sites for hydroxylation is 1. The lowest BCUT2D eigenvalue weighted by Crippen LogP contribution is -2.40. The van der Waals surface area contributed by atoms with Gasteiger partial charge in [0.1, 0.15) is 5.00 Å². The van der Waals surface area contributed by atoms with Gasteiger partial charge in [-0.2, -0.15) is 4.21 Å². The van der Waals surface area contributed by atoms with Crippen LogP contribution in [-0.4, -0.2) is 25.3 Å². The maximum Gasteiger partial charge on any atom is 0.250 e. The minimum absolute atomic E-state index is 0.0817. The normalized spacial score (nSPS) is 13.2. The van der Waals surface area contributed by atoms with Crippen molar-refractivity contribution in [2.45, 2.75) is 6.92 Å². The number of thiophene rings is 1. The van der Waals surface area contributed by atoms with Crippen LogP contribution < -0.4 is 10.3 Å². The van der Waals surface area contributed by atoms with Crippen molar-refractivity contribution in [1.29, 1.82) is 0 Å². The van der Waals surface area contributed by atoms with Crippen LogP contribution >= 0.6 is 11.3 Å². The average molecular weight is 391 g/mol. The second kappa shape index (κ2) is 6.50. The van der Waals surface area contributed by atoms with Crippen molar-refractivity contribution in [2.75, 3.05) is 16.7 Å². The van der Waals surface area contributed by atoms with Crippen molar-refractivity contribution >= 4 is 25.9 Å². The van der Waals surface area contributed by atoms with E-state index in [0.29, 0.717) is 5.00 Å². The Kier molecular flexibility index (Phi) is 4.64. The Morgan fingerprint density at radius 2 is 1.85 bits per heavy atom. The summed E-state index contributed by atoms with van der Waals surface area (Å²) in [5.41, 5.74) is 2.73. The van der Waals surface area contributed by atoms with Crippen LogP contribution in [0.25, 0.3) is 21.6 Å². The van der Waals surface area contributed by atoms with Crippen LogP contribution in [0.15, 0.2) is 59.5 Å².